The zero-order valence-corrected chi connectivity index (χ0v) is 10.9. The predicted molar refractivity (Wildman–Crippen MR) is 65.8 cm³/mol. The van der Waals surface area contributed by atoms with Crippen molar-refractivity contribution < 1.29 is 13.2 Å². The van der Waals surface area contributed by atoms with Crippen molar-refractivity contribution in [2.75, 3.05) is 0 Å². The fourth-order valence-corrected chi connectivity index (χ4v) is 3.88. The second-order valence-electron chi connectivity index (χ2n) is 5.54. The Hall–Kier alpha value is -0.420. The maximum Gasteiger partial charge on any atom is 0.211 e. The molecule has 0 aliphatic heterocycles. The Morgan fingerprint density at radius 3 is 2.29 bits per heavy atom. The summed E-state index contributed by atoms with van der Waals surface area (Å²) in [5, 5.41) is 4.68. The maximum atomic E-state index is 12.0. The molecule has 2 rings (SSSR count). The van der Waals surface area contributed by atoms with E-state index in [0.717, 1.165) is 25.7 Å². The van der Waals surface area contributed by atoms with Crippen molar-refractivity contribution in [3.8, 4) is 0 Å². The lowest BCUT2D eigenvalue weighted by Crippen LogP contribution is -2.36. The molecule has 2 aliphatic rings. The van der Waals surface area contributed by atoms with Crippen LogP contribution in [0, 0.1) is 11.8 Å². The first-order valence-corrected chi connectivity index (χ1v) is 8.12. The normalized spacial score (nSPS) is 30.9. The summed E-state index contributed by atoms with van der Waals surface area (Å²) < 4.78 is 22.6. The number of hydrogen-bond donors (Lipinski definition) is 1. The Balaban J connectivity index is 1.90. The van der Waals surface area contributed by atoms with Crippen molar-refractivity contribution in [2.24, 2.45) is 17.0 Å². The van der Waals surface area contributed by atoms with Crippen LogP contribution >= 0.6 is 0 Å². The molecule has 5 heteroatoms. The van der Waals surface area contributed by atoms with Crippen molar-refractivity contribution in [1.29, 1.82) is 0 Å². The third-order valence-corrected chi connectivity index (χ3v) is 5.62. The molecule has 2 aliphatic carbocycles. The molecule has 0 spiro atoms. The molecule has 2 saturated carbocycles. The molecule has 0 radical (unpaired) electrons. The number of carbonyl (C=O) groups excluding carboxylic acids is 1. The van der Waals surface area contributed by atoms with E-state index >= 15 is 0 Å². The molecule has 0 aromatic heterocycles. The van der Waals surface area contributed by atoms with E-state index in [-0.39, 0.29) is 11.7 Å². The van der Waals surface area contributed by atoms with Gasteiger partial charge in [0, 0.05) is 12.3 Å². The summed E-state index contributed by atoms with van der Waals surface area (Å²) in [6.07, 6.45) is 6.94. The van der Waals surface area contributed by atoms with Crippen LogP contribution in [0.1, 0.15) is 51.4 Å². The highest BCUT2D eigenvalue weighted by Gasteiger charge is 2.34. The van der Waals surface area contributed by atoms with Gasteiger partial charge in [0.25, 0.3) is 0 Å². The number of rotatable bonds is 4. The fourth-order valence-electron chi connectivity index (χ4n) is 2.88. The van der Waals surface area contributed by atoms with Gasteiger partial charge in [0.2, 0.25) is 10.0 Å². The number of hydrogen-bond acceptors (Lipinski definition) is 3. The average molecular weight is 259 g/mol. The summed E-state index contributed by atoms with van der Waals surface area (Å²) in [7, 11) is -3.46. The van der Waals surface area contributed by atoms with Crippen molar-refractivity contribution >= 4 is 15.8 Å². The average Bonchev–Trinajstić information content (AvgIpc) is 2.22. The van der Waals surface area contributed by atoms with Crippen LogP contribution in [-0.2, 0) is 14.8 Å². The van der Waals surface area contributed by atoms with Crippen molar-refractivity contribution in [3.63, 3.8) is 0 Å². The quantitative estimate of drug-likeness (QED) is 0.833. The lowest BCUT2D eigenvalue weighted by molar-refractivity contribution is -0.125. The van der Waals surface area contributed by atoms with Crippen molar-refractivity contribution in [1.82, 2.24) is 0 Å². The van der Waals surface area contributed by atoms with Crippen LogP contribution in [0.5, 0.6) is 0 Å². The van der Waals surface area contributed by atoms with E-state index in [1.807, 2.05) is 0 Å². The van der Waals surface area contributed by atoms with Crippen LogP contribution in [0.4, 0.5) is 0 Å². The van der Waals surface area contributed by atoms with Gasteiger partial charge in [0.05, 0.1) is 5.25 Å². The summed E-state index contributed by atoms with van der Waals surface area (Å²) >= 11 is 0. The zero-order chi connectivity index (χ0) is 12.5. The molecule has 2 fully saturated rings. The van der Waals surface area contributed by atoms with E-state index in [9.17, 15) is 13.2 Å². The van der Waals surface area contributed by atoms with Gasteiger partial charge in [-0.05, 0) is 25.2 Å². The molecular weight excluding hydrogens is 238 g/mol. The summed E-state index contributed by atoms with van der Waals surface area (Å²) in [6, 6.07) is 0. The monoisotopic (exact) mass is 259 g/mol. The summed E-state index contributed by atoms with van der Waals surface area (Å²) in [6.45, 7) is 0. The summed E-state index contributed by atoms with van der Waals surface area (Å²) in [4.78, 5) is 12.0. The molecule has 0 heterocycles. The largest absolute Gasteiger partial charge is 0.299 e. The van der Waals surface area contributed by atoms with E-state index in [0.29, 0.717) is 25.2 Å². The molecule has 0 saturated heterocycles. The van der Waals surface area contributed by atoms with Gasteiger partial charge in [0.15, 0.2) is 0 Å². The Morgan fingerprint density at radius 2 is 1.76 bits per heavy atom. The molecule has 0 bridgehead atoms. The van der Waals surface area contributed by atoms with Gasteiger partial charge in [-0.1, -0.05) is 25.7 Å². The van der Waals surface area contributed by atoms with Crippen molar-refractivity contribution in [2.45, 2.75) is 56.6 Å². The highest BCUT2D eigenvalue weighted by Crippen LogP contribution is 2.34. The molecule has 2 atom stereocenters. The zero-order valence-electron chi connectivity index (χ0n) is 10.1. The first kappa shape index (κ1) is 13.0. The van der Waals surface area contributed by atoms with Crippen LogP contribution < -0.4 is 5.14 Å². The van der Waals surface area contributed by atoms with Crippen molar-refractivity contribution in [3.05, 3.63) is 0 Å². The van der Waals surface area contributed by atoms with Gasteiger partial charge in [-0.2, -0.15) is 0 Å². The number of Topliss-reactive ketones (excluding diaryl/α,β-unsaturated/α-hetero) is 1. The molecule has 4 nitrogen and oxygen atoms in total. The third kappa shape index (κ3) is 3.28. The molecule has 0 amide bonds. The predicted octanol–water partition coefficient (Wildman–Crippen LogP) is 1.59. The number of nitrogens with two attached hydrogens (primary N) is 1. The van der Waals surface area contributed by atoms with E-state index in [4.69, 9.17) is 5.14 Å². The van der Waals surface area contributed by atoms with Crippen LogP contribution in [0.25, 0.3) is 0 Å². The van der Waals surface area contributed by atoms with E-state index in [1.54, 1.807) is 0 Å². The molecule has 2 N–H and O–H groups in total. The highest BCUT2D eigenvalue weighted by molar-refractivity contribution is 7.89. The molecule has 98 valence electrons. The fraction of sp³-hybridized carbons (Fsp3) is 0.917. The van der Waals surface area contributed by atoms with Gasteiger partial charge in [-0.25, -0.2) is 13.6 Å². The van der Waals surface area contributed by atoms with Gasteiger partial charge in [-0.3, -0.25) is 4.79 Å². The van der Waals surface area contributed by atoms with Gasteiger partial charge in [-0.15, -0.1) is 0 Å². The smallest absolute Gasteiger partial charge is 0.211 e. The van der Waals surface area contributed by atoms with Gasteiger partial charge < -0.3 is 0 Å². The SMILES string of the molecule is NS(=O)(=O)C1CCCC(C(=O)CC2CCC2)C1. The standard InChI is InChI=1S/C12H21NO3S/c13-17(15,16)11-6-2-5-10(8-11)12(14)7-9-3-1-4-9/h9-11H,1-8H2,(H2,13,15,16). The van der Waals surface area contributed by atoms with E-state index in [2.05, 4.69) is 0 Å². The Bertz CT molecular complexity index is 387. The summed E-state index contributed by atoms with van der Waals surface area (Å²) in [5.74, 6) is 0.771. The number of primary sulfonamides is 1. The lowest BCUT2D eigenvalue weighted by atomic mass is 9.77. The minimum absolute atomic E-state index is 0.0623. The van der Waals surface area contributed by atoms with Crippen LogP contribution in [0.15, 0.2) is 0 Å². The number of ketones is 1. The van der Waals surface area contributed by atoms with Gasteiger partial charge >= 0.3 is 0 Å². The topological polar surface area (TPSA) is 77.2 Å². The molecule has 0 aromatic rings. The molecular formula is C12H21NO3S. The molecule has 17 heavy (non-hydrogen) atoms. The minimum Gasteiger partial charge on any atom is -0.299 e. The third-order valence-electron chi connectivity index (χ3n) is 4.26. The molecule has 0 aromatic carbocycles. The minimum atomic E-state index is -3.46. The second kappa shape index (κ2) is 5.06. The Kier molecular flexibility index (Phi) is 3.88. The number of sulfonamides is 1. The second-order valence-corrected chi connectivity index (χ2v) is 7.39. The first-order valence-electron chi connectivity index (χ1n) is 6.51. The maximum absolute atomic E-state index is 12.0. The highest BCUT2D eigenvalue weighted by atomic mass is 32.2. The molecule has 2 unspecified atom stereocenters. The van der Waals surface area contributed by atoms with Crippen LogP contribution in [0.3, 0.4) is 0 Å². The Labute approximate surface area is 103 Å². The first-order chi connectivity index (χ1) is 7.97. The lowest BCUT2D eigenvalue weighted by Gasteiger charge is -2.30. The number of carbonyl (C=O) groups is 1. The van der Waals surface area contributed by atoms with Crippen LogP contribution in [0.2, 0.25) is 0 Å². The Morgan fingerprint density at radius 1 is 1.12 bits per heavy atom. The van der Waals surface area contributed by atoms with Crippen LogP contribution in [-0.4, -0.2) is 19.5 Å². The summed E-state index contributed by atoms with van der Waals surface area (Å²) in [5.41, 5.74) is 0. The van der Waals surface area contributed by atoms with E-state index in [1.165, 1.54) is 6.42 Å². The van der Waals surface area contributed by atoms with Gasteiger partial charge in [0.1, 0.15) is 5.78 Å². The van der Waals surface area contributed by atoms with E-state index < -0.39 is 15.3 Å².